The molecule has 20 heavy (non-hydrogen) atoms. The van der Waals surface area contributed by atoms with Crippen LogP contribution in [0.4, 0.5) is 0 Å². The van der Waals surface area contributed by atoms with Crippen molar-refractivity contribution in [3.8, 4) is 0 Å². The van der Waals surface area contributed by atoms with Gasteiger partial charge < -0.3 is 4.74 Å². The molecule has 0 aliphatic carbocycles. The van der Waals surface area contributed by atoms with Crippen LogP contribution in [0.25, 0.3) is 11.6 Å². The lowest BCUT2D eigenvalue weighted by atomic mass is 10.2. The Balaban J connectivity index is 2.56. The molecule has 0 saturated heterocycles. The molecule has 2 aromatic heterocycles. The molecule has 6 nitrogen and oxygen atoms in total. The molecule has 0 aliphatic rings. The van der Waals surface area contributed by atoms with Crippen molar-refractivity contribution in [3.63, 3.8) is 0 Å². The van der Waals surface area contributed by atoms with E-state index in [1.54, 1.807) is 16.7 Å². The molecule has 0 fully saturated rings. The zero-order valence-corrected chi connectivity index (χ0v) is 12.2. The van der Waals surface area contributed by atoms with Gasteiger partial charge in [-0.2, -0.15) is 10.2 Å². The molecule has 0 spiro atoms. The fraction of sp³-hybridized carbons (Fsp3) is 0.500. The van der Waals surface area contributed by atoms with Crippen LogP contribution >= 0.6 is 0 Å². The van der Waals surface area contributed by atoms with E-state index in [0.29, 0.717) is 31.0 Å². The molecule has 0 aliphatic heterocycles. The van der Waals surface area contributed by atoms with E-state index in [2.05, 4.69) is 16.8 Å². The fourth-order valence-corrected chi connectivity index (χ4v) is 1.98. The summed E-state index contributed by atoms with van der Waals surface area (Å²) in [6.45, 7) is 11.2. The molecule has 2 aromatic rings. The first-order valence-corrected chi connectivity index (χ1v) is 6.79. The van der Waals surface area contributed by atoms with E-state index < -0.39 is 0 Å². The van der Waals surface area contributed by atoms with Crippen LogP contribution in [0.15, 0.2) is 17.4 Å². The van der Waals surface area contributed by atoms with Crippen LogP contribution in [0.2, 0.25) is 0 Å². The standard InChI is InChI=1S/C14H20N4O2/c1-5-11-9-12-14(19)17(7-8-20-6-2)16-13(10(3)4)18(12)15-11/h5,9-10H,1,6-8H2,2-4H3. The van der Waals surface area contributed by atoms with Gasteiger partial charge >= 0.3 is 0 Å². The van der Waals surface area contributed by atoms with Crippen molar-refractivity contribution in [1.82, 2.24) is 19.4 Å². The highest BCUT2D eigenvalue weighted by Crippen LogP contribution is 2.13. The first-order valence-electron chi connectivity index (χ1n) is 6.79. The summed E-state index contributed by atoms with van der Waals surface area (Å²) < 4.78 is 8.36. The summed E-state index contributed by atoms with van der Waals surface area (Å²) >= 11 is 0. The Labute approximate surface area is 117 Å². The molecule has 2 rings (SSSR count). The first kappa shape index (κ1) is 14.5. The van der Waals surface area contributed by atoms with Gasteiger partial charge in [0.15, 0.2) is 5.82 Å². The Bertz CT molecular complexity index is 670. The lowest BCUT2D eigenvalue weighted by Gasteiger charge is -2.11. The predicted molar refractivity (Wildman–Crippen MR) is 77.9 cm³/mol. The number of ether oxygens (including phenoxy) is 1. The molecule has 0 unspecified atom stereocenters. The van der Waals surface area contributed by atoms with Crippen LogP contribution in [0.5, 0.6) is 0 Å². The highest BCUT2D eigenvalue weighted by Gasteiger charge is 2.15. The third-order valence-electron chi connectivity index (χ3n) is 3.00. The topological polar surface area (TPSA) is 61.4 Å². The molecule has 108 valence electrons. The lowest BCUT2D eigenvalue weighted by molar-refractivity contribution is 0.134. The second-order valence-electron chi connectivity index (χ2n) is 4.81. The van der Waals surface area contributed by atoms with E-state index in [0.717, 1.165) is 5.82 Å². The minimum atomic E-state index is -0.158. The number of hydrogen-bond donors (Lipinski definition) is 0. The Kier molecular flexibility index (Phi) is 4.34. The van der Waals surface area contributed by atoms with Gasteiger partial charge in [-0.15, -0.1) is 0 Å². The zero-order chi connectivity index (χ0) is 14.7. The minimum absolute atomic E-state index is 0.158. The summed E-state index contributed by atoms with van der Waals surface area (Å²) in [5.41, 5.74) is 1.04. The minimum Gasteiger partial charge on any atom is -0.380 e. The lowest BCUT2D eigenvalue weighted by Crippen LogP contribution is -2.29. The van der Waals surface area contributed by atoms with Crippen molar-refractivity contribution < 1.29 is 4.74 Å². The summed E-state index contributed by atoms with van der Waals surface area (Å²) in [6, 6.07) is 1.74. The predicted octanol–water partition coefficient (Wildman–Crippen LogP) is 1.69. The van der Waals surface area contributed by atoms with Gasteiger partial charge in [-0.3, -0.25) is 4.79 Å². The molecular formula is C14H20N4O2. The van der Waals surface area contributed by atoms with Crippen molar-refractivity contribution in [3.05, 3.63) is 34.5 Å². The molecule has 0 saturated carbocycles. The summed E-state index contributed by atoms with van der Waals surface area (Å²) in [7, 11) is 0. The smallest absolute Gasteiger partial charge is 0.292 e. The van der Waals surface area contributed by atoms with E-state index >= 15 is 0 Å². The van der Waals surface area contributed by atoms with Gasteiger partial charge in [-0.05, 0) is 19.1 Å². The maximum absolute atomic E-state index is 12.4. The number of fused-ring (bicyclic) bond motifs is 1. The number of rotatable bonds is 6. The Hall–Kier alpha value is -1.95. The van der Waals surface area contributed by atoms with E-state index in [9.17, 15) is 4.79 Å². The van der Waals surface area contributed by atoms with Gasteiger partial charge in [0.05, 0.1) is 18.8 Å². The molecule has 6 heteroatoms. The summed E-state index contributed by atoms with van der Waals surface area (Å²) in [5.74, 6) is 0.915. The van der Waals surface area contributed by atoms with E-state index in [1.165, 1.54) is 4.68 Å². The molecule has 0 radical (unpaired) electrons. The maximum atomic E-state index is 12.4. The SMILES string of the molecule is C=Cc1cc2c(=O)n(CCOCC)nc(C(C)C)n2n1. The van der Waals surface area contributed by atoms with Crippen molar-refractivity contribution >= 4 is 11.6 Å². The second kappa shape index (κ2) is 6.00. The third kappa shape index (κ3) is 2.65. The fourth-order valence-electron chi connectivity index (χ4n) is 1.98. The van der Waals surface area contributed by atoms with Crippen molar-refractivity contribution in [2.45, 2.75) is 33.2 Å². The van der Waals surface area contributed by atoms with Crippen LogP contribution in [0.3, 0.4) is 0 Å². The largest absolute Gasteiger partial charge is 0.380 e. The maximum Gasteiger partial charge on any atom is 0.292 e. The van der Waals surface area contributed by atoms with Gasteiger partial charge in [0, 0.05) is 12.5 Å². The molecule has 0 aromatic carbocycles. The van der Waals surface area contributed by atoms with Gasteiger partial charge in [0.1, 0.15) is 5.52 Å². The summed E-state index contributed by atoms with van der Waals surface area (Å²) in [5, 5.41) is 8.75. The van der Waals surface area contributed by atoms with Crippen LogP contribution in [0.1, 0.15) is 38.2 Å². The number of aromatic nitrogens is 4. The Morgan fingerprint density at radius 2 is 2.20 bits per heavy atom. The van der Waals surface area contributed by atoms with E-state index in [4.69, 9.17) is 4.74 Å². The highest BCUT2D eigenvalue weighted by molar-refractivity contribution is 5.54. The normalized spacial score (nSPS) is 11.4. The van der Waals surface area contributed by atoms with Gasteiger partial charge in [0.2, 0.25) is 0 Å². The van der Waals surface area contributed by atoms with Crippen molar-refractivity contribution in [1.29, 1.82) is 0 Å². The van der Waals surface area contributed by atoms with Crippen LogP contribution in [-0.2, 0) is 11.3 Å². The Morgan fingerprint density at radius 1 is 1.45 bits per heavy atom. The van der Waals surface area contributed by atoms with Crippen molar-refractivity contribution in [2.75, 3.05) is 13.2 Å². The van der Waals surface area contributed by atoms with E-state index in [-0.39, 0.29) is 11.5 Å². The van der Waals surface area contributed by atoms with Gasteiger partial charge in [-0.25, -0.2) is 9.20 Å². The number of hydrogen-bond acceptors (Lipinski definition) is 4. The summed E-state index contributed by atoms with van der Waals surface area (Å²) in [4.78, 5) is 12.4. The Morgan fingerprint density at radius 3 is 2.80 bits per heavy atom. The molecule has 0 bridgehead atoms. The van der Waals surface area contributed by atoms with Crippen LogP contribution < -0.4 is 5.56 Å². The third-order valence-corrected chi connectivity index (χ3v) is 3.00. The van der Waals surface area contributed by atoms with Gasteiger partial charge in [0.25, 0.3) is 5.56 Å². The highest BCUT2D eigenvalue weighted by atomic mass is 16.5. The molecular weight excluding hydrogens is 256 g/mol. The van der Waals surface area contributed by atoms with Gasteiger partial charge in [-0.1, -0.05) is 20.4 Å². The average Bonchev–Trinajstić information content (AvgIpc) is 2.85. The quantitative estimate of drug-likeness (QED) is 0.753. The average molecular weight is 276 g/mol. The molecule has 0 N–H and O–H groups in total. The number of nitrogens with zero attached hydrogens (tertiary/aromatic N) is 4. The monoisotopic (exact) mass is 276 g/mol. The van der Waals surface area contributed by atoms with Crippen molar-refractivity contribution in [2.24, 2.45) is 0 Å². The van der Waals surface area contributed by atoms with Crippen LogP contribution in [0, 0.1) is 0 Å². The second-order valence-corrected chi connectivity index (χ2v) is 4.81. The molecule has 0 atom stereocenters. The molecule has 0 amide bonds. The molecule has 2 heterocycles. The zero-order valence-electron chi connectivity index (χ0n) is 12.2. The van der Waals surface area contributed by atoms with Crippen LogP contribution in [-0.4, -0.2) is 32.6 Å². The first-order chi connectivity index (χ1) is 9.58. The summed E-state index contributed by atoms with van der Waals surface area (Å²) in [6.07, 6.45) is 1.63. The van der Waals surface area contributed by atoms with E-state index in [1.807, 2.05) is 20.8 Å².